The molecule has 2 aromatic rings. The second kappa shape index (κ2) is 6.38. The number of nitrogens with zero attached hydrogens (tertiary/aromatic N) is 6. The highest BCUT2D eigenvalue weighted by Gasteiger charge is 2.35. The fraction of sp³-hybridized carbons (Fsp3) is 0.611. The van der Waals surface area contributed by atoms with Crippen LogP contribution in [-0.2, 0) is 19.4 Å². The molecular weight excluding hydrogens is 316 g/mol. The van der Waals surface area contributed by atoms with Crippen molar-refractivity contribution in [2.45, 2.75) is 31.8 Å². The molecule has 0 radical (unpaired) electrons. The molecule has 2 aromatic heterocycles. The largest absolute Gasteiger partial charge is 0.361 e. The van der Waals surface area contributed by atoms with Crippen LogP contribution in [0.1, 0.15) is 23.4 Å². The summed E-state index contributed by atoms with van der Waals surface area (Å²) in [6.07, 6.45) is 7.08. The number of aromatic nitrogens is 3. The molecule has 0 aromatic carbocycles. The van der Waals surface area contributed by atoms with Gasteiger partial charge in [0.2, 0.25) is 5.95 Å². The van der Waals surface area contributed by atoms with Crippen molar-refractivity contribution in [3.63, 3.8) is 0 Å². The Morgan fingerprint density at radius 2 is 1.84 bits per heavy atom. The Hall–Kier alpha value is -1.99. The molecule has 7 nitrogen and oxygen atoms in total. The molecule has 0 bridgehead atoms. The van der Waals surface area contributed by atoms with Crippen molar-refractivity contribution in [3.05, 3.63) is 35.5 Å². The van der Waals surface area contributed by atoms with Crippen LogP contribution >= 0.6 is 0 Å². The minimum Gasteiger partial charge on any atom is -0.361 e. The molecule has 0 unspecified atom stereocenters. The van der Waals surface area contributed by atoms with Crippen LogP contribution in [0.5, 0.6) is 0 Å². The van der Waals surface area contributed by atoms with Gasteiger partial charge in [0.25, 0.3) is 0 Å². The van der Waals surface area contributed by atoms with Gasteiger partial charge in [0.05, 0.1) is 0 Å². The standard InChI is InChI=1S/C18H24N6O/c1-3-15-16(21-25-17(15)4-1)13-22-11-14(12-22)23-7-9-24(10-8-23)18-19-5-2-6-20-18/h2,5-6,14H,1,3-4,7-13H2. The third-order valence-corrected chi connectivity index (χ3v) is 5.76. The van der Waals surface area contributed by atoms with Gasteiger partial charge in [-0.3, -0.25) is 9.80 Å². The highest BCUT2D eigenvalue weighted by molar-refractivity contribution is 5.29. The van der Waals surface area contributed by atoms with Gasteiger partial charge in [0.1, 0.15) is 11.5 Å². The first-order valence-corrected chi connectivity index (χ1v) is 9.31. The summed E-state index contributed by atoms with van der Waals surface area (Å²) in [5.74, 6) is 1.99. The van der Waals surface area contributed by atoms with Gasteiger partial charge < -0.3 is 9.42 Å². The summed E-state index contributed by atoms with van der Waals surface area (Å²) in [6, 6.07) is 2.55. The van der Waals surface area contributed by atoms with Crippen molar-refractivity contribution in [3.8, 4) is 0 Å². The molecular formula is C18H24N6O. The van der Waals surface area contributed by atoms with E-state index in [1.54, 1.807) is 0 Å². The maximum Gasteiger partial charge on any atom is 0.225 e. The van der Waals surface area contributed by atoms with Gasteiger partial charge in [-0.2, -0.15) is 0 Å². The Labute approximate surface area is 147 Å². The lowest BCUT2D eigenvalue weighted by Crippen LogP contribution is -2.62. The highest BCUT2D eigenvalue weighted by atomic mass is 16.5. The third kappa shape index (κ3) is 2.91. The van der Waals surface area contributed by atoms with Crippen molar-refractivity contribution in [2.75, 3.05) is 44.2 Å². The summed E-state index contributed by atoms with van der Waals surface area (Å²) in [7, 11) is 0. The molecule has 2 saturated heterocycles. The van der Waals surface area contributed by atoms with Gasteiger partial charge in [-0.1, -0.05) is 5.16 Å². The normalized spacial score (nSPS) is 22.2. The fourth-order valence-corrected chi connectivity index (χ4v) is 4.27. The SMILES string of the molecule is c1cnc(N2CCN(C3CN(Cc4noc5c4CCC5)C3)CC2)nc1. The fourth-order valence-electron chi connectivity index (χ4n) is 4.27. The number of anilines is 1. The van der Waals surface area contributed by atoms with Crippen LogP contribution in [0.4, 0.5) is 5.95 Å². The van der Waals surface area contributed by atoms with E-state index in [-0.39, 0.29) is 0 Å². The van der Waals surface area contributed by atoms with Gasteiger partial charge in [-0.15, -0.1) is 0 Å². The van der Waals surface area contributed by atoms with Gasteiger partial charge in [0.15, 0.2) is 0 Å². The molecule has 3 aliphatic rings. The Morgan fingerprint density at radius 1 is 1.04 bits per heavy atom. The first-order chi connectivity index (χ1) is 12.4. The second-order valence-corrected chi connectivity index (χ2v) is 7.30. The van der Waals surface area contributed by atoms with E-state index in [2.05, 4.69) is 29.8 Å². The summed E-state index contributed by atoms with van der Waals surface area (Å²) in [5, 5.41) is 4.29. The average Bonchev–Trinajstić information content (AvgIpc) is 3.23. The zero-order valence-corrected chi connectivity index (χ0v) is 14.5. The summed E-state index contributed by atoms with van der Waals surface area (Å²) in [4.78, 5) is 16.1. The molecule has 0 N–H and O–H groups in total. The molecule has 4 heterocycles. The van der Waals surface area contributed by atoms with Crippen molar-refractivity contribution >= 4 is 5.95 Å². The molecule has 5 rings (SSSR count). The predicted octanol–water partition coefficient (Wildman–Crippen LogP) is 0.960. The molecule has 2 aliphatic heterocycles. The summed E-state index contributed by atoms with van der Waals surface area (Å²) in [5.41, 5.74) is 2.57. The zero-order valence-electron chi connectivity index (χ0n) is 14.5. The molecule has 0 amide bonds. The van der Waals surface area contributed by atoms with Crippen LogP contribution in [0.2, 0.25) is 0 Å². The van der Waals surface area contributed by atoms with Crippen molar-refractivity contribution in [1.29, 1.82) is 0 Å². The summed E-state index contributed by atoms with van der Waals surface area (Å²) in [6.45, 7) is 7.45. The van der Waals surface area contributed by atoms with Gasteiger partial charge in [-0.05, 0) is 18.9 Å². The maximum atomic E-state index is 5.47. The van der Waals surface area contributed by atoms with Gasteiger partial charge in [-0.25, -0.2) is 9.97 Å². The lowest BCUT2D eigenvalue weighted by molar-refractivity contribution is 0.0240. The van der Waals surface area contributed by atoms with E-state index in [0.29, 0.717) is 6.04 Å². The maximum absolute atomic E-state index is 5.47. The van der Waals surface area contributed by atoms with E-state index in [1.807, 2.05) is 18.5 Å². The van der Waals surface area contributed by atoms with Crippen molar-refractivity contribution < 1.29 is 4.52 Å². The number of fused-ring (bicyclic) bond motifs is 1. The predicted molar refractivity (Wildman–Crippen MR) is 93.4 cm³/mol. The van der Waals surface area contributed by atoms with E-state index in [9.17, 15) is 0 Å². The van der Waals surface area contributed by atoms with Crippen LogP contribution in [0.25, 0.3) is 0 Å². The van der Waals surface area contributed by atoms with E-state index in [0.717, 1.165) is 70.4 Å². The Bertz CT molecular complexity index is 718. The monoisotopic (exact) mass is 340 g/mol. The van der Waals surface area contributed by atoms with Gasteiger partial charge >= 0.3 is 0 Å². The van der Waals surface area contributed by atoms with E-state index >= 15 is 0 Å². The number of hydrogen-bond acceptors (Lipinski definition) is 7. The summed E-state index contributed by atoms with van der Waals surface area (Å²) >= 11 is 0. The van der Waals surface area contributed by atoms with Crippen LogP contribution in [-0.4, -0.2) is 70.2 Å². The van der Waals surface area contributed by atoms with Crippen LogP contribution in [0.15, 0.2) is 23.0 Å². The Morgan fingerprint density at radius 3 is 2.64 bits per heavy atom. The van der Waals surface area contributed by atoms with Crippen molar-refractivity contribution in [1.82, 2.24) is 24.9 Å². The topological polar surface area (TPSA) is 61.5 Å². The lowest BCUT2D eigenvalue weighted by Gasteiger charge is -2.48. The number of hydrogen-bond donors (Lipinski definition) is 0. The summed E-state index contributed by atoms with van der Waals surface area (Å²) < 4.78 is 5.47. The minimum atomic E-state index is 0.679. The first-order valence-electron chi connectivity index (χ1n) is 9.31. The molecule has 2 fully saturated rings. The molecule has 0 atom stereocenters. The number of likely N-dealkylation sites (tertiary alicyclic amines) is 1. The van der Waals surface area contributed by atoms with Crippen LogP contribution in [0.3, 0.4) is 0 Å². The lowest BCUT2D eigenvalue weighted by atomic mass is 10.0. The molecule has 132 valence electrons. The minimum absolute atomic E-state index is 0.679. The Balaban J connectivity index is 1.11. The van der Waals surface area contributed by atoms with E-state index in [1.165, 1.54) is 17.7 Å². The Kier molecular flexibility index (Phi) is 3.90. The molecule has 0 spiro atoms. The second-order valence-electron chi connectivity index (χ2n) is 7.30. The van der Waals surface area contributed by atoms with Crippen LogP contribution in [0, 0.1) is 0 Å². The number of aryl methyl sites for hydroxylation is 1. The number of piperazine rings is 1. The average molecular weight is 340 g/mol. The van der Waals surface area contributed by atoms with E-state index in [4.69, 9.17) is 4.52 Å². The first kappa shape index (κ1) is 15.3. The van der Waals surface area contributed by atoms with Gasteiger partial charge in [0, 0.05) is 76.2 Å². The molecule has 1 aliphatic carbocycles. The molecule has 25 heavy (non-hydrogen) atoms. The third-order valence-electron chi connectivity index (χ3n) is 5.76. The molecule has 0 saturated carbocycles. The number of rotatable bonds is 4. The highest BCUT2D eigenvalue weighted by Crippen LogP contribution is 2.27. The smallest absolute Gasteiger partial charge is 0.225 e. The van der Waals surface area contributed by atoms with Crippen molar-refractivity contribution in [2.24, 2.45) is 0 Å². The molecule has 7 heteroatoms. The zero-order chi connectivity index (χ0) is 16.6. The van der Waals surface area contributed by atoms with E-state index < -0.39 is 0 Å². The quantitative estimate of drug-likeness (QED) is 0.821. The van der Waals surface area contributed by atoms with Crippen LogP contribution < -0.4 is 4.90 Å².